The monoisotopic (exact) mass is 243 g/mol. The lowest BCUT2D eigenvalue weighted by Gasteiger charge is -2.33. The molecule has 0 amide bonds. The molecular weight excluding hydrogens is 218 g/mol. The third kappa shape index (κ3) is 3.94. The van der Waals surface area contributed by atoms with Gasteiger partial charge < -0.3 is 10.1 Å². The zero-order chi connectivity index (χ0) is 11.5. The van der Waals surface area contributed by atoms with Crippen LogP contribution >= 0.6 is 12.6 Å². The van der Waals surface area contributed by atoms with Gasteiger partial charge in [0.2, 0.25) is 0 Å². The van der Waals surface area contributed by atoms with Gasteiger partial charge in [-0.05, 0) is 51.5 Å². The first-order valence-corrected chi connectivity index (χ1v) is 7.23. The number of rotatable bonds is 5. The summed E-state index contributed by atoms with van der Waals surface area (Å²) in [5.41, 5.74) is 0. The van der Waals surface area contributed by atoms with E-state index in [0.29, 0.717) is 23.5 Å². The molecule has 1 saturated carbocycles. The SMILES string of the molecule is CC(CC1CC(C(C)S)CCN1)OC1CC1. The second-order valence-corrected chi connectivity index (χ2v) is 6.37. The van der Waals surface area contributed by atoms with Crippen molar-refractivity contribution in [1.29, 1.82) is 0 Å². The van der Waals surface area contributed by atoms with Crippen LogP contribution in [0.5, 0.6) is 0 Å². The van der Waals surface area contributed by atoms with Gasteiger partial charge in [-0.2, -0.15) is 12.6 Å². The molecule has 1 saturated heterocycles. The van der Waals surface area contributed by atoms with Crippen LogP contribution in [0.2, 0.25) is 0 Å². The molecule has 0 radical (unpaired) electrons. The standard InChI is InChI=1S/C13H25NOS/c1-9(15-13-3-4-13)7-12-8-11(10(2)16)5-6-14-12/h9-14,16H,3-8H2,1-2H3. The van der Waals surface area contributed by atoms with Crippen molar-refractivity contribution in [3.63, 3.8) is 0 Å². The van der Waals surface area contributed by atoms with E-state index in [-0.39, 0.29) is 0 Å². The highest BCUT2D eigenvalue weighted by Crippen LogP contribution is 2.28. The van der Waals surface area contributed by atoms with Crippen LogP contribution in [0.1, 0.15) is 46.0 Å². The van der Waals surface area contributed by atoms with Gasteiger partial charge >= 0.3 is 0 Å². The maximum atomic E-state index is 5.90. The number of thiol groups is 1. The molecule has 94 valence electrons. The Morgan fingerprint density at radius 3 is 2.69 bits per heavy atom. The summed E-state index contributed by atoms with van der Waals surface area (Å²) in [6, 6.07) is 0.641. The average molecular weight is 243 g/mol. The summed E-state index contributed by atoms with van der Waals surface area (Å²) in [7, 11) is 0. The number of hydrogen-bond donors (Lipinski definition) is 2. The Hall–Kier alpha value is 0.270. The van der Waals surface area contributed by atoms with Crippen molar-refractivity contribution in [3.8, 4) is 0 Å². The minimum Gasteiger partial charge on any atom is -0.375 e. The maximum Gasteiger partial charge on any atom is 0.0580 e. The van der Waals surface area contributed by atoms with Crippen molar-refractivity contribution >= 4 is 12.6 Å². The highest BCUT2D eigenvalue weighted by molar-refractivity contribution is 7.80. The van der Waals surface area contributed by atoms with Crippen LogP contribution in [-0.2, 0) is 4.74 Å². The Kier molecular flexibility index (Phi) is 4.57. The average Bonchev–Trinajstić information content (AvgIpc) is 3.01. The van der Waals surface area contributed by atoms with Crippen molar-refractivity contribution in [2.24, 2.45) is 5.92 Å². The highest BCUT2D eigenvalue weighted by atomic mass is 32.1. The third-order valence-electron chi connectivity index (χ3n) is 3.78. The van der Waals surface area contributed by atoms with E-state index in [1.807, 2.05) is 0 Å². The molecule has 0 bridgehead atoms. The van der Waals surface area contributed by atoms with E-state index in [1.54, 1.807) is 0 Å². The molecule has 3 heteroatoms. The molecule has 4 unspecified atom stereocenters. The number of hydrogen-bond acceptors (Lipinski definition) is 3. The van der Waals surface area contributed by atoms with Crippen LogP contribution < -0.4 is 5.32 Å². The van der Waals surface area contributed by atoms with Crippen molar-refractivity contribution in [1.82, 2.24) is 5.32 Å². The highest BCUT2D eigenvalue weighted by Gasteiger charge is 2.28. The molecular formula is C13H25NOS. The molecule has 1 heterocycles. The fourth-order valence-corrected chi connectivity index (χ4v) is 2.92. The minimum absolute atomic E-state index is 0.416. The summed E-state index contributed by atoms with van der Waals surface area (Å²) < 4.78 is 5.90. The van der Waals surface area contributed by atoms with Crippen LogP contribution in [-0.4, -0.2) is 30.0 Å². The smallest absolute Gasteiger partial charge is 0.0580 e. The summed E-state index contributed by atoms with van der Waals surface area (Å²) in [6.45, 7) is 5.59. The molecule has 2 rings (SSSR count). The molecule has 1 aliphatic carbocycles. The summed E-state index contributed by atoms with van der Waals surface area (Å²) in [5, 5.41) is 4.15. The molecule has 2 nitrogen and oxygen atoms in total. The van der Waals surface area contributed by atoms with Gasteiger partial charge in [0.1, 0.15) is 0 Å². The molecule has 0 spiro atoms. The molecule has 1 N–H and O–H groups in total. The van der Waals surface area contributed by atoms with Crippen LogP contribution in [0.15, 0.2) is 0 Å². The van der Waals surface area contributed by atoms with Crippen LogP contribution in [0.25, 0.3) is 0 Å². The molecule has 0 aromatic heterocycles. The summed E-state index contributed by atoms with van der Waals surface area (Å²) in [5.74, 6) is 0.780. The first-order chi connectivity index (χ1) is 7.65. The first-order valence-electron chi connectivity index (χ1n) is 6.72. The zero-order valence-electron chi connectivity index (χ0n) is 10.5. The minimum atomic E-state index is 0.416. The van der Waals surface area contributed by atoms with Gasteiger partial charge in [-0.1, -0.05) is 6.92 Å². The number of nitrogens with one attached hydrogen (secondary N) is 1. The molecule has 4 atom stereocenters. The van der Waals surface area contributed by atoms with E-state index < -0.39 is 0 Å². The first kappa shape index (κ1) is 12.7. The lowest BCUT2D eigenvalue weighted by Crippen LogP contribution is -2.42. The molecule has 1 aliphatic heterocycles. The fraction of sp³-hybridized carbons (Fsp3) is 1.00. The molecule has 0 aromatic carbocycles. The van der Waals surface area contributed by atoms with Crippen LogP contribution in [0, 0.1) is 5.92 Å². The molecule has 16 heavy (non-hydrogen) atoms. The Bertz CT molecular complexity index is 218. The van der Waals surface area contributed by atoms with Gasteiger partial charge in [0.15, 0.2) is 0 Å². The van der Waals surface area contributed by atoms with E-state index in [4.69, 9.17) is 4.74 Å². The number of piperidine rings is 1. The Labute approximate surface area is 105 Å². The maximum absolute atomic E-state index is 5.90. The predicted octanol–water partition coefficient (Wildman–Crippen LogP) is 2.63. The van der Waals surface area contributed by atoms with E-state index in [9.17, 15) is 0 Å². The second-order valence-electron chi connectivity index (χ2n) is 5.56. The Balaban J connectivity index is 1.71. The van der Waals surface area contributed by atoms with Gasteiger partial charge in [0, 0.05) is 11.3 Å². The van der Waals surface area contributed by atoms with Crippen molar-refractivity contribution in [3.05, 3.63) is 0 Å². The zero-order valence-corrected chi connectivity index (χ0v) is 11.4. The largest absolute Gasteiger partial charge is 0.375 e. The van der Waals surface area contributed by atoms with E-state index in [1.165, 1.54) is 25.7 Å². The molecule has 0 aromatic rings. The van der Waals surface area contributed by atoms with E-state index >= 15 is 0 Å². The third-order valence-corrected chi connectivity index (χ3v) is 4.20. The van der Waals surface area contributed by atoms with Gasteiger partial charge in [0.25, 0.3) is 0 Å². The molecule has 2 aliphatic rings. The topological polar surface area (TPSA) is 21.3 Å². The van der Waals surface area contributed by atoms with Gasteiger partial charge in [0.05, 0.1) is 12.2 Å². The predicted molar refractivity (Wildman–Crippen MR) is 71.1 cm³/mol. The van der Waals surface area contributed by atoms with Gasteiger partial charge in [-0.15, -0.1) is 0 Å². The lowest BCUT2D eigenvalue weighted by molar-refractivity contribution is 0.0360. The van der Waals surface area contributed by atoms with Gasteiger partial charge in [-0.3, -0.25) is 0 Å². The quantitative estimate of drug-likeness (QED) is 0.724. The fourth-order valence-electron chi connectivity index (χ4n) is 2.65. The van der Waals surface area contributed by atoms with Crippen LogP contribution in [0.3, 0.4) is 0 Å². The van der Waals surface area contributed by atoms with E-state index in [2.05, 4.69) is 31.8 Å². The number of ether oxygens (including phenoxy) is 1. The molecule has 2 fully saturated rings. The summed E-state index contributed by atoms with van der Waals surface area (Å²) in [4.78, 5) is 0. The van der Waals surface area contributed by atoms with E-state index in [0.717, 1.165) is 18.9 Å². The summed E-state index contributed by atoms with van der Waals surface area (Å²) >= 11 is 4.58. The van der Waals surface area contributed by atoms with Crippen molar-refractivity contribution < 1.29 is 4.74 Å². The lowest BCUT2D eigenvalue weighted by atomic mass is 9.88. The normalized spacial score (nSPS) is 34.7. The van der Waals surface area contributed by atoms with Gasteiger partial charge in [-0.25, -0.2) is 0 Å². The Morgan fingerprint density at radius 2 is 2.06 bits per heavy atom. The van der Waals surface area contributed by atoms with Crippen LogP contribution in [0.4, 0.5) is 0 Å². The second kappa shape index (κ2) is 5.74. The van der Waals surface area contributed by atoms with Crippen molar-refractivity contribution in [2.75, 3.05) is 6.54 Å². The Morgan fingerprint density at radius 1 is 1.31 bits per heavy atom. The van der Waals surface area contributed by atoms with Crippen molar-refractivity contribution in [2.45, 2.75) is 69.5 Å². The summed E-state index contributed by atoms with van der Waals surface area (Å²) in [6.07, 6.45) is 7.25.